The van der Waals surface area contributed by atoms with Gasteiger partial charge in [-0.1, -0.05) is 5.16 Å². The number of carboxylic acids is 1. The molecule has 0 aromatic heterocycles. The SMILES string of the molecule is COc1cc(OC)c2c(c1)C(C(=O)O)C/C2=N/O. The molecule has 0 amide bonds. The maximum atomic E-state index is 11.2. The van der Waals surface area contributed by atoms with Crippen LogP contribution in [0.3, 0.4) is 0 Å². The molecular weight excluding hydrogens is 238 g/mol. The van der Waals surface area contributed by atoms with Crippen LogP contribution in [-0.4, -0.2) is 36.2 Å². The van der Waals surface area contributed by atoms with Gasteiger partial charge < -0.3 is 19.8 Å². The average molecular weight is 251 g/mol. The molecule has 0 spiro atoms. The fourth-order valence-electron chi connectivity index (χ4n) is 2.19. The zero-order chi connectivity index (χ0) is 13.3. The molecule has 0 saturated heterocycles. The highest BCUT2D eigenvalue weighted by molar-refractivity contribution is 6.10. The van der Waals surface area contributed by atoms with Gasteiger partial charge in [-0.15, -0.1) is 0 Å². The minimum absolute atomic E-state index is 0.144. The molecule has 1 aromatic rings. The van der Waals surface area contributed by atoms with Crippen molar-refractivity contribution in [3.8, 4) is 11.5 Å². The van der Waals surface area contributed by atoms with E-state index in [0.717, 1.165) is 0 Å². The van der Waals surface area contributed by atoms with Crippen molar-refractivity contribution in [3.63, 3.8) is 0 Å². The van der Waals surface area contributed by atoms with Gasteiger partial charge in [-0.2, -0.15) is 0 Å². The summed E-state index contributed by atoms with van der Waals surface area (Å²) in [6.45, 7) is 0. The molecule has 18 heavy (non-hydrogen) atoms. The third kappa shape index (κ3) is 1.75. The van der Waals surface area contributed by atoms with Crippen molar-refractivity contribution in [1.29, 1.82) is 0 Å². The van der Waals surface area contributed by atoms with Gasteiger partial charge >= 0.3 is 5.97 Å². The van der Waals surface area contributed by atoms with Crippen LogP contribution in [0, 0.1) is 0 Å². The molecule has 1 aliphatic carbocycles. The summed E-state index contributed by atoms with van der Waals surface area (Å²) in [6, 6.07) is 3.27. The van der Waals surface area contributed by atoms with Crippen LogP contribution in [0.2, 0.25) is 0 Å². The van der Waals surface area contributed by atoms with Gasteiger partial charge in [0.1, 0.15) is 11.5 Å². The molecule has 1 unspecified atom stereocenters. The third-order valence-corrected chi connectivity index (χ3v) is 3.04. The molecule has 0 heterocycles. The Hall–Kier alpha value is -2.24. The van der Waals surface area contributed by atoms with Crippen LogP contribution < -0.4 is 9.47 Å². The molecule has 0 aliphatic heterocycles. The van der Waals surface area contributed by atoms with E-state index in [2.05, 4.69) is 5.16 Å². The number of benzene rings is 1. The minimum Gasteiger partial charge on any atom is -0.497 e. The lowest BCUT2D eigenvalue weighted by Gasteiger charge is -2.11. The molecule has 1 aliphatic rings. The van der Waals surface area contributed by atoms with Gasteiger partial charge in [-0.05, 0) is 11.6 Å². The van der Waals surface area contributed by atoms with Gasteiger partial charge in [0.15, 0.2) is 0 Å². The lowest BCUT2D eigenvalue weighted by Crippen LogP contribution is -2.08. The second-order valence-corrected chi connectivity index (χ2v) is 3.94. The van der Waals surface area contributed by atoms with Crippen molar-refractivity contribution >= 4 is 11.7 Å². The molecule has 0 fully saturated rings. The minimum atomic E-state index is -0.967. The van der Waals surface area contributed by atoms with Gasteiger partial charge in [0, 0.05) is 18.1 Å². The van der Waals surface area contributed by atoms with Gasteiger partial charge in [0.05, 0.1) is 25.8 Å². The molecule has 2 rings (SSSR count). The molecule has 2 N–H and O–H groups in total. The fourth-order valence-corrected chi connectivity index (χ4v) is 2.19. The molecule has 1 aromatic carbocycles. The molecule has 6 nitrogen and oxygen atoms in total. The highest BCUT2D eigenvalue weighted by atomic mass is 16.5. The van der Waals surface area contributed by atoms with E-state index >= 15 is 0 Å². The zero-order valence-electron chi connectivity index (χ0n) is 10.0. The summed E-state index contributed by atoms with van der Waals surface area (Å²) in [5, 5.41) is 21.3. The number of carboxylic acid groups (broad SMARTS) is 1. The summed E-state index contributed by atoms with van der Waals surface area (Å²) in [5.74, 6) is -0.753. The first-order valence-electron chi connectivity index (χ1n) is 5.32. The van der Waals surface area contributed by atoms with Crippen LogP contribution >= 0.6 is 0 Å². The summed E-state index contributed by atoms with van der Waals surface area (Å²) < 4.78 is 10.3. The number of nitrogens with zero attached hydrogens (tertiary/aromatic N) is 1. The van der Waals surface area contributed by atoms with Gasteiger partial charge in [-0.3, -0.25) is 4.79 Å². The van der Waals surface area contributed by atoms with Crippen LogP contribution in [0.15, 0.2) is 17.3 Å². The van der Waals surface area contributed by atoms with Crippen LogP contribution in [0.1, 0.15) is 23.5 Å². The Morgan fingerprint density at radius 1 is 1.39 bits per heavy atom. The first-order chi connectivity index (χ1) is 8.62. The Labute approximate surface area is 103 Å². The lowest BCUT2D eigenvalue weighted by atomic mass is 10.0. The maximum absolute atomic E-state index is 11.2. The lowest BCUT2D eigenvalue weighted by molar-refractivity contribution is -0.138. The van der Waals surface area contributed by atoms with Crippen LogP contribution in [-0.2, 0) is 4.79 Å². The van der Waals surface area contributed by atoms with Crippen molar-refractivity contribution in [2.75, 3.05) is 14.2 Å². The number of hydrogen-bond acceptors (Lipinski definition) is 5. The number of fused-ring (bicyclic) bond motifs is 1. The topological polar surface area (TPSA) is 88.4 Å². The summed E-state index contributed by atoms with van der Waals surface area (Å²) in [5.41, 5.74) is 1.40. The van der Waals surface area contributed by atoms with Crippen molar-refractivity contribution in [2.24, 2.45) is 5.16 Å². The number of rotatable bonds is 3. The monoisotopic (exact) mass is 251 g/mol. The largest absolute Gasteiger partial charge is 0.497 e. The molecule has 0 saturated carbocycles. The molecule has 0 radical (unpaired) electrons. The van der Waals surface area contributed by atoms with E-state index in [1.807, 2.05) is 0 Å². The number of aliphatic carboxylic acids is 1. The van der Waals surface area contributed by atoms with E-state index in [1.54, 1.807) is 12.1 Å². The normalized spacial score (nSPS) is 19.7. The third-order valence-electron chi connectivity index (χ3n) is 3.04. The van der Waals surface area contributed by atoms with E-state index in [-0.39, 0.29) is 6.42 Å². The van der Waals surface area contributed by atoms with Crippen LogP contribution in [0.5, 0.6) is 11.5 Å². The highest BCUT2D eigenvalue weighted by Crippen LogP contribution is 2.41. The van der Waals surface area contributed by atoms with E-state index in [0.29, 0.717) is 28.3 Å². The first kappa shape index (κ1) is 12.2. The Morgan fingerprint density at radius 2 is 2.11 bits per heavy atom. The van der Waals surface area contributed by atoms with E-state index < -0.39 is 11.9 Å². The molecule has 96 valence electrons. The van der Waals surface area contributed by atoms with E-state index in [4.69, 9.17) is 14.7 Å². The quantitative estimate of drug-likeness (QED) is 0.627. The van der Waals surface area contributed by atoms with Crippen LogP contribution in [0.4, 0.5) is 0 Å². The van der Waals surface area contributed by atoms with E-state index in [1.165, 1.54) is 14.2 Å². The van der Waals surface area contributed by atoms with Crippen molar-refractivity contribution in [1.82, 2.24) is 0 Å². The number of carbonyl (C=O) groups is 1. The van der Waals surface area contributed by atoms with Crippen molar-refractivity contribution < 1.29 is 24.6 Å². The standard InChI is InChI=1S/C12H13NO5/c1-17-6-3-7-8(12(14)15)5-9(13-16)11(7)10(4-6)18-2/h3-4,8,16H,5H2,1-2H3,(H,14,15)/b13-9-. The Balaban J connectivity index is 2.67. The number of oxime groups is 1. The Kier molecular flexibility index (Phi) is 3.10. The smallest absolute Gasteiger partial charge is 0.311 e. The summed E-state index contributed by atoms with van der Waals surface area (Å²) in [6.07, 6.45) is 0.144. The molecule has 0 bridgehead atoms. The fraction of sp³-hybridized carbons (Fsp3) is 0.333. The van der Waals surface area contributed by atoms with Gasteiger partial charge in [0.25, 0.3) is 0 Å². The summed E-state index contributed by atoms with van der Waals surface area (Å²) in [4.78, 5) is 11.2. The Morgan fingerprint density at radius 3 is 2.61 bits per heavy atom. The van der Waals surface area contributed by atoms with Crippen molar-refractivity contribution in [2.45, 2.75) is 12.3 Å². The van der Waals surface area contributed by atoms with Crippen molar-refractivity contribution in [3.05, 3.63) is 23.3 Å². The summed E-state index contributed by atoms with van der Waals surface area (Å²) >= 11 is 0. The number of hydrogen-bond donors (Lipinski definition) is 2. The molecular formula is C12H13NO5. The number of methoxy groups -OCH3 is 2. The second-order valence-electron chi connectivity index (χ2n) is 3.94. The predicted molar refractivity (Wildman–Crippen MR) is 62.9 cm³/mol. The second kappa shape index (κ2) is 4.56. The maximum Gasteiger partial charge on any atom is 0.311 e. The van der Waals surface area contributed by atoms with Gasteiger partial charge in [-0.25, -0.2) is 0 Å². The Bertz CT molecular complexity index is 523. The average Bonchev–Trinajstić information content (AvgIpc) is 2.76. The molecule has 1 atom stereocenters. The predicted octanol–water partition coefficient (Wildman–Crippen LogP) is 1.45. The van der Waals surface area contributed by atoms with Crippen LogP contribution in [0.25, 0.3) is 0 Å². The summed E-state index contributed by atoms with van der Waals surface area (Å²) in [7, 11) is 2.96. The first-order valence-corrected chi connectivity index (χ1v) is 5.32. The zero-order valence-corrected chi connectivity index (χ0v) is 10.0. The number of ether oxygens (including phenoxy) is 2. The molecule has 6 heteroatoms. The highest BCUT2D eigenvalue weighted by Gasteiger charge is 2.36. The van der Waals surface area contributed by atoms with Gasteiger partial charge in [0.2, 0.25) is 0 Å². The van der Waals surface area contributed by atoms with E-state index in [9.17, 15) is 9.90 Å².